The second-order valence-corrected chi connectivity index (χ2v) is 4.32. The maximum Gasteiger partial charge on any atom is 0.318 e. The molecule has 2 heterocycles. The highest BCUT2D eigenvalue weighted by molar-refractivity contribution is 7.98. The topological polar surface area (TPSA) is 73.2 Å². The van der Waals surface area contributed by atoms with Crippen LogP contribution < -0.4 is 11.0 Å². The SMILES string of the molecule is CCOC(=O)C1CNn2c1nc(SC)cc2=O. The van der Waals surface area contributed by atoms with Crippen LogP contribution in [-0.4, -0.2) is 35.0 Å². The van der Waals surface area contributed by atoms with Gasteiger partial charge in [0.2, 0.25) is 0 Å². The molecule has 0 saturated heterocycles. The maximum atomic E-state index is 11.7. The van der Waals surface area contributed by atoms with Crippen LogP contribution in [0.2, 0.25) is 0 Å². The molecule has 2 rings (SSSR count). The highest BCUT2D eigenvalue weighted by Crippen LogP contribution is 2.20. The zero-order chi connectivity index (χ0) is 12.4. The van der Waals surface area contributed by atoms with E-state index in [9.17, 15) is 9.59 Å². The van der Waals surface area contributed by atoms with Crippen molar-refractivity contribution < 1.29 is 9.53 Å². The standard InChI is InChI=1S/C10H13N3O3S/c1-3-16-10(15)6-5-11-13-8(14)4-7(17-2)12-9(6)13/h4,6,11H,3,5H2,1-2H3. The van der Waals surface area contributed by atoms with Gasteiger partial charge in [0.1, 0.15) is 16.8 Å². The molecule has 0 fully saturated rings. The predicted octanol–water partition coefficient (Wildman–Crippen LogP) is 0.169. The molecule has 1 aliphatic rings. The summed E-state index contributed by atoms with van der Waals surface area (Å²) in [4.78, 5) is 27.7. The molecule has 0 bridgehead atoms. The van der Waals surface area contributed by atoms with E-state index in [2.05, 4.69) is 10.4 Å². The van der Waals surface area contributed by atoms with E-state index in [0.717, 1.165) is 0 Å². The number of ether oxygens (including phenoxy) is 1. The third kappa shape index (κ3) is 2.14. The molecular weight excluding hydrogens is 242 g/mol. The van der Waals surface area contributed by atoms with Crippen molar-refractivity contribution in [1.82, 2.24) is 9.66 Å². The maximum absolute atomic E-state index is 11.7. The number of thioether (sulfide) groups is 1. The lowest BCUT2D eigenvalue weighted by molar-refractivity contribution is -0.144. The van der Waals surface area contributed by atoms with Crippen LogP contribution in [0.3, 0.4) is 0 Å². The Hall–Kier alpha value is -1.50. The molecule has 17 heavy (non-hydrogen) atoms. The minimum Gasteiger partial charge on any atom is -0.465 e. The number of nitrogens with one attached hydrogen (secondary N) is 1. The van der Waals surface area contributed by atoms with Crippen LogP contribution >= 0.6 is 11.8 Å². The lowest BCUT2D eigenvalue weighted by Gasteiger charge is -2.08. The van der Waals surface area contributed by atoms with Crippen LogP contribution in [0, 0.1) is 0 Å². The molecule has 0 aromatic carbocycles. The van der Waals surface area contributed by atoms with Gasteiger partial charge in [-0.15, -0.1) is 11.8 Å². The van der Waals surface area contributed by atoms with Crippen LogP contribution in [0.4, 0.5) is 0 Å². The number of aromatic nitrogens is 2. The van der Waals surface area contributed by atoms with Gasteiger partial charge in [0, 0.05) is 6.07 Å². The predicted molar refractivity (Wildman–Crippen MR) is 63.9 cm³/mol. The first-order chi connectivity index (χ1) is 8.17. The van der Waals surface area contributed by atoms with Gasteiger partial charge in [-0.3, -0.25) is 9.59 Å². The Bertz CT molecular complexity index is 500. The number of hydrogen-bond donors (Lipinski definition) is 1. The van der Waals surface area contributed by atoms with E-state index in [1.807, 2.05) is 6.26 Å². The summed E-state index contributed by atoms with van der Waals surface area (Å²) in [6.07, 6.45) is 1.83. The molecule has 7 heteroatoms. The van der Waals surface area contributed by atoms with E-state index in [1.54, 1.807) is 6.92 Å². The van der Waals surface area contributed by atoms with Crippen LogP contribution in [0.5, 0.6) is 0 Å². The van der Waals surface area contributed by atoms with Gasteiger partial charge in [0.05, 0.1) is 13.2 Å². The van der Waals surface area contributed by atoms with Gasteiger partial charge in [0.25, 0.3) is 5.56 Å². The van der Waals surface area contributed by atoms with E-state index in [-0.39, 0.29) is 11.5 Å². The van der Waals surface area contributed by atoms with E-state index in [4.69, 9.17) is 4.74 Å². The van der Waals surface area contributed by atoms with Gasteiger partial charge < -0.3 is 10.2 Å². The monoisotopic (exact) mass is 255 g/mol. The number of hydrogen-bond acceptors (Lipinski definition) is 6. The number of fused-ring (bicyclic) bond motifs is 1. The van der Waals surface area contributed by atoms with E-state index in [1.165, 1.54) is 22.5 Å². The number of esters is 1. The van der Waals surface area contributed by atoms with Crippen LogP contribution in [-0.2, 0) is 9.53 Å². The summed E-state index contributed by atoms with van der Waals surface area (Å²) in [5.74, 6) is -0.425. The first kappa shape index (κ1) is 12.0. The third-order valence-corrected chi connectivity index (χ3v) is 3.09. The molecule has 1 aromatic heterocycles. The summed E-state index contributed by atoms with van der Waals surface area (Å²) in [6, 6.07) is 1.44. The molecule has 92 valence electrons. The zero-order valence-corrected chi connectivity index (χ0v) is 10.4. The number of carbonyl (C=O) groups is 1. The zero-order valence-electron chi connectivity index (χ0n) is 9.60. The van der Waals surface area contributed by atoms with Crippen molar-refractivity contribution in [2.45, 2.75) is 17.9 Å². The smallest absolute Gasteiger partial charge is 0.318 e. The highest BCUT2D eigenvalue weighted by atomic mass is 32.2. The largest absolute Gasteiger partial charge is 0.465 e. The number of carbonyl (C=O) groups excluding carboxylic acids is 1. The summed E-state index contributed by atoms with van der Waals surface area (Å²) in [5, 5.41) is 0.610. The molecule has 0 aliphatic carbocycles. The lowest BCUT2D eigenvalue weighted by atomic mass is 10.1. The molecule has 1 unspecified atom stereocenters. The van der Waals surface area contributed by atoms with E-state index >= 15 is 0 Å². The normalized spacial score (nSPS) is 17.4. The molecular formula is C10H13N3O3S. The molecule has 1 atom stereocenters. The molecule has 0 amide bonds. The van der Waals surface area contributed by atoms with Gasteiger partial charge in [-0.2, -0.15) is 0 Å². The van der Waals surface area contributed by atoms with Crippen molar-refractivity contribution in [2.75, 3.05) is 24.8 Å². The summed E-state index contributed by atoms with van der Waals surface area (Å²) in [5.41, 5.74) is 2.64. The number of nitrogens with zero attached hydrogens (tertiary/aromatic N) is 2. The summed E-state index contributed by atoms with van der Waals surface area (Å²) in [7, 11) is 0. The van der Waals surface area contributed by atoms with Crippen molar-refractivity contribution in [3.63, 3.8) is 0 Å². The summed E-state index contributed by atoms with van der Waals surface area (Å²) in [6.45, 7) is 2.42. The fourth-order valence-electron chi connectivity index (χ4n) is 1.68. The number of rotatable bonds is 3. The van der Waals surface area contributed by atoms with Crippen molar-refractivity contribution >= 4 is 17.7 Å². The first-order valence-electron chi connectivity index (χ1n) is 5.26. The second kappa shape index (κ2) is 4.79. The Morgan fingerprint density at radius 1 is 1.76 bits per heavy atom. The Kier molecular flexibility index (Phi) is 3.37. The molecule has 0 spiro atoms. The van der Waals surface area contributed by atoms with Gasteiger partial charge in [0.15, 0.2) is 0 Å². The van der Waals surface area contributed by atoms with Crippen LogP contribution in [0.25, 0.3) is 0 Å². The van der Waals surface area contributed by atoms with Gasteiger partial charge >= 0.3 is 5.97 Å². The minimum absolute atomic E-state index is 0.203. The lowest BCUT2D eigenvalue weighted by Crippen LogP contribution is -2.26. The average Bonchev–Trinajstić information content (AvgIpc) is 2.73. The molecule has 0 saturated carbocycles. The van der Waals surface area contributed by atoms with E-state index in [0.29, 0.717) is 24.0 Å². The van der Waals surface area contributed by atoms with Gasteiger partial charge in [-0.1, -0.05) is 0 Å². The first-order valence-corrected chi connectivity index (χ1v) is 6.48. The third-order valence-electron chi connectivity index (χ3n) is 2.47. The van der Waals surface area contributed by atoms with Gasteiger partial charge in [-0.05, 0) is 13.2 Å². The second-order valence-electron chi connectivity index (χ2n) is 3.50. The fraction of sp³-hybridized carbons (Fsp3) is 0.500. The van der Waals surface area contributed by atoms with Crippen LogP contribution in [0.15, 0.2) is 15.9 Å². The van der Waals surface area contributed by atoms with Crippen molar-refractivity contribution in [3.8, 4) is 0 Å². The molecule has 0 radical (unpaired) electrons. The molecule has 1 N–H and O–H groups in total. The quantitative estimate of drug-likeness (QED) is 0.471. The average molecular weight is 255 g/mol. The fourth-order valence-corrected chi connectivity index (χ4v) is 2.08. The van der Waals surface area contributed by atoms with Crippen LogP contribution in [0.1, 0.15) is 18.7 Å². The van der Waals surface area contributed by atoms with Crippen molar-refractivity contribution in [3.05, 3.63) is 22.2 Å². The Morgan fingerprint density at radius 2 is 2.53 bits per heavy atom. The molecule has 1 aromatic rings. The highest BCUT2D eigenvalue weighted by Gasteiger charge is 2.32. The Labute approximate surface area is 102 Å². The Balaban J connectivity index is 2.39. The molecule has 1 aliphatic heterocycles. The Morgan fingerprint density at radius 3 is 3.18 bits per heavy atom. The summed E-state index contributed by atoms with van der Waals surface area (Å²) < 4.78 is 6.26. The van der Waals surface area contributed by atoms with Crippen molar-refractivity contribution in [1.29, 1.82) is 0 Å². The van der Waals surface area contributed by atoms with E-state index < -0.39 is 5.92 Å². The minimum atomic E-state index is -0.505. The molecule has 6 nitrogen and oxygen atoms in total. The summed E-state index contributed by atoms with van der Waals surface area (Å²) >= 11 is 1.37. The van der Waals surface area contributed by atoms with Gasteiger partial charge in [-0.25, -0.2) is 9.66 Å². The van der Waals surface area contributed by atoms with Crippen molar-refractivity contribution in [2.24, 2.45) is 0 Å².